The second kappa shape index (κ2) is 7.28. The van der Waals surface area contributed by atoms with Crippen molar-refractivity contribution in [2.45, 2.75) is 25.8 Å². The molecule has 0 atom stereocenters. The molecule has 0 bridgehead atoms. The van der Waals surface area contributed by atoms with Crippen LogP contribution in [0.25, 0.3) is 16.0 Å². The highest BCUT2D eigenvalue weighted by molar-refractivity contribution is 7.17. The van der Waals surface area contributed by atoms with Gasteiger partial charge in [-0.25, -0.2) is 0 Å². The lowest BCUT2D eigenvalue weighted by atomic mass is 10.2. The second-order valence-corrected chi connectivity index (χ2v) is 7.12. The van der Waals surface area contributed by atoms with Crippen molar-refractivity contribution in [2.24, 2.45) is 7.05 Å². The van der Waals surface area contributed by atoms with Crippen LogP contribution in [-0.2, 0) is 24.8 Å². The van der Waals surface area contributed by atoms with Crippen LogP contribution in [0.1, 0.15) is 24.4 Å². The van der Waals surface area contributed by atoms with Crippen LogP contribution in [-0.4, -0.2) is 30.1 Å². The average molecular weight is 382 g/mol. The van der Waals surface area contributed by atoms with Crippen LogP contribution < -0.4 is 10.9 Å². The standard InChI is InChI=1S/C18H18N6O2S/c1-23-17(26)16-13(8-10-27-16)24-14(21-22-18(23)24)6-4-7-15(25)20-11-12-5-2-3-9-19-12/h2-3,5,8-10H,4,6-7,11H2,1H3,(H,20,25). The number of nitrogens with zero attached hydrogens (tertiary/aromatic N) is 5. The first kappa shape index (κ1) is 17.3. The molecule has 4 aromatic rings. The zero-order chi connectivity index (χ0) is 18.8. The summed E-state index contributed by atoms with van der Waals surface area (Å²) < 4.78 is 4.09. The maximum absolute atomic E-state index is 12.3. The summed E-state index contributed by atoms with van der Waals surface area (Å²) in [6.07, 6.45) is 3.33. The van der Waals surface area contributed by atoms with Gasteiger partial charge in [0, 0.05) is 26.1 Å². The van der Waals surface area contributed by atoms with Crippen LogP contribution >= 0.6 is 11.3 Å². The normalized spacial score (nSPS) is 11.3. The van der Waals surface area contributed by atoms with Crippen LogP contribution in [0.4, 0.5) is 0 Å². The smallest absolute Gasteiger partial charge is 0.272 e. The Hall–Kier alpha value is -3.07. The summed E-state index contributed by atoms with van der Waals surface area (Å²) >= 11 is 1.41. The Morgan fingerprint density at radius 2 is 2.15 bits per heavy atom. The van der Waals surface area contributed by atoms with Crippen LogP contribution in [0.5, 0.6) is 0 Å². The van der Waals surface area contributed by atoms with Gasteiger partial charge in [-0.05, 0) is 30.0 Å². The molecule has 138 valence electrons. The van der Waals surface area contributed by atoms with Gasteiger partial charge < -0.3 is 5.32 Å². The topological polar surface area (TPSA) is 94.2 Å². The van der Waals surface area contributed by atoms with Gasteiger partial charge >= 0.3 is 0 Å². The molecule has 0 saturated carbocycles. The van der Waals surface area contributed by atoms with Crippen LogP contribution in [0.3, 0.4) is 0 Å². The number of amides is 1. The molecule has 4 heterocycles. The van der Waals surface area contributed by atoms with Crippen molar-refractivity contribution in [2.75, 3.05) is 0 Å². The van der Waals surface area contributed by atoms with Gasteiger partial charge in [-0.1, -0.05) is 6.07 Å². The van der Waals surface area contributed by atoms with E-state index in [4.69, 9.17) is 0 Å². The fourth-order valence-electron chi connectivity index (χ4n) is 3.00. The molecule has 0 aromatic carbocycles. The Bertz CT molecular complexity index is 1160. The molecule has 0 radical (unpaired) electrons. The second-order valence-electron chi connectivity index (χ2n) is 6.20. The van der Waals surface area contributed by atoms with E-state index >= 15 is 0 Å². The van der Waals surface area contributed by atoms with Gasteiger partial charge in [-0.15, -0.1) is 21.5 Å². The first-order valence-corrected chi connectivity index (χ1v) is 9.50. The predicted octanol–water partition coefficient (Wildman–Crippen LogP) is 1.68. The van der Waals surface area contributed by atoms with E-state index in [0.29, 0.717) is 36.3 Å². The minimum Gasteiger partial charge on any atom is -0.350 e. The Morgan fingerprint density at radius 3 is 2.96 bits per heavy atom. The summed E-state index contributed by atoms with van der Waals surface area (Å²) in [6.45, 7) is 0.422. The van der Waals surface area contributed by atoms with Gasteiger partial charge in [0.15, 0.2) is 0 Å². The van der Waals surface area contributed by atoms with Gasteiger partial charge in [-0.2, -0.15) is 0 Å². The van der Waals surface area contributed by atoms with Gasteiger partial charge in [0.2, 0.25) is 11.7 Å². The SMILES string of the molecule is Cn1c(=O)c2sccc2n2c(CCCC(=O)NCc3ccccn3)nnc12. The number of hydrogen-bond acceptors (Lipinski definition) is 6. The van der Waals surface area contributed by atoms with Crippen molar-refractivity contribution in [3.63, 3.8) is 0 Å². The third-order valence-electron chi connectivity index (χ3n) is 4.39. The highest BCUT2D eigenvalue weighted by Crippen LogP contribution is 2.19. The monoisotopic (exact) mass is 382 g/mol. The number of fused-ring (bicyclic) bond motifs is 3. The predicted molar refractivity (Wildman–Crippen MR) is 103 cm³/mol. The Morgan fingerprint density at radius 1 is 1.26 bits per heavy atom. The van der Waals surface area contributed by atoms with Crippen molar-refractivity contribution in [3.05, 3.63) is 57.7 Å². The molecule has 1 amide bonds. The van der Waals surface area contributed by atoms with Crippen molar-refractivity contribution < 1.29 is 4.79 Å². The third kappa shape index (κ3) is 3.33. The van der Waals surface area contributed by atoms with Crippen molar-refractivity contribution in [1.82, 2.24) is 29.5 Å². The molecule has 0 saturated heterocycles. The fourth-order valence-corrected chi connectivity index (χ4v) is 3.85. The number of aryl methyl sites for hydroxylation is 2. The van der Waals surface area contributed by atoms with Crippen molar-refractivity contribution in [3.8, 4) is 0 Å². The summed E-state index contributed by atoms with van der Waals surface area (Å²) in [7, 11) is 1.69. The van der Waals surface area contributed by atoms with E-state index in [2.05, 4.69) is 20.5 Å². The maximum Gasteiger partial charge on any atom is 0.272 e. The highest BCUT2D eigenvalue weighted by Gasteiger charge is 2.15. The molecule has 27 heavy (non-hydrogen) atoms. The molecule has 9 heteroatoms. The number of carbonyl (C=O) groups is 1. The average Bonchev–Trinajstić information content (AvgIpc) is 3.32. The minimum absolute atomic E-state index is 0.0254. The molecule has 0 aliphatic rings. The Kier molecular flexibility index (Phi) is 4.68. The highest BCUT2D eigenvalue weighted by atomic mass is 32.1. The summed E-state index contributed by atoms with van der Waals surface area (Å²) in [5.74, 6) is 1.24. The zero-order valence-corrected chi connectivity index (χ0v) is 15.6. The summed E-state index contributed by atoms with van der Waals surface area (Å²) in [5.41, 5.74) is 1.58. The summed E-state index contributed by atoms with van der Waals surface area (Å²) in [5, 5.41) is 13.1. The molecule has 1 N–H and O–H groups in total. The van der Waals surface area contributed by atoms with Gasteiger partial charge in [-0.3, -0.25) is 23.5 Å². The zero-order valence-electron chi connectivity index (χ0n) is 14.8. The number of nitrogens with one attached hydrogen (secondary N) is 1. The van der Waals surface area contributed by atoms with Gasteiger partial charge in [0.25, 0.3) is 5.56 Å². The molecule has 0 aliphatic carbocycles. The van der Waals surface area contributed by atoms with Crippen LogP contribution in [0.15, 0.2) is 40.6 Å². The van der Waals surface area contributed by atoms with E-state index in [-0.39, 0.29) is 11.5 Å². The van der Waals surface area contributed by atoms with Crippen molar-refractivity contribution >= 4 is 33.2 Å². The largest absolute Gasteiger partial charge is 0.350 e. The Labute approximate surface area is 158 Å². The number of rotatable bonds is 6. The summed E-state index contributed by atoms with van der Waals surface area (Å²) in [4.78, 5) is 28.6. The lowest BCUT2D eigenvalue weighted by Gasteiger charge is -2.06. The van der Waals surface area contributed by atoms with Crippen molar-refractivity contribution in [1.29, 1.82) is 0 Å². The van der Waals surface area contributed by atoms with Gasteiger partial charge in [0.1, 0.15) is 10.5 Å². The lowest BCUT2D eigenvalue weighted by Crippen LogP contribution is -2.23. The lowest BCUT2D eigenvalue weighted by molar-refractivity contribution is -0.121. The fraction of sp³-hybridized carbons (Fsp3) is 0.278. The first-order valence-electron chi connectivity index (χ1n) is 8.62. The quantitative estimate of drug-likeness (QED) is 0.547. The molecule has 4 rings (SSSR count). The first-order chi connectivity index (χ1) is 13.1. The van der Waals surface area contributed by atoms with E-state index in [1.54, 1.807) is 13.2 Å². The van der Waals surface area contributed by atoms with Gasteiger partial charge in [0.05, 0.1) is 17.8 Å². The molecule has 8 nitrogen and oxygen atoms in total. The number of carbonyl (C=O) groups excluding carboxylic acids is 1. The van der Waals surface area contributed by atoms with Crippen LogP contribution in [0.2, 0.25) is 0 Å². The number of pyridine rings is 1. The van der Waals surface area contributed by atoms with E-state index < -0.39 is 0 Å². The molecule has 0 aliphatic heterocycles. The van der Waals surface area contributed by atoms with E-state index in [0.717, 1.165) is 17.0 Å². The molecular formula is C18H18N6O2S. The molecule has 4 aromatic heterocycles. The molecular weight excluding hydrogens is 364 g/mol. The number of aromatic nitrogens is 5. The number of thiophene rings is 1. The van der Waals surface area contributed by atoms with E-state index in [1.165, 1.54) is 15.9 Å². The molecule has 0 spiro atoms. The third-order valence-corrected chi connectivity index (χ3v) is 5.29. The van der Waals surface area contributed by atoms with E-state index in [1.807, 2.05) is 34.0 Å². The molecule has 0 unspecified atom stereocenters. The maximum atomic E-state index is 12.3. The number of hydrogen-bond donors (Lipinski definition) is 1. The van der Waals surface area contributed by atoms with E-state index in [9.17, 15) is 9.59 Å². The summed E-state index contributed by atoms with van der Waals surface area (Å²) in [6, 6.07) is 7.51. The molecule has 0 fully saturated rings. The minimum atomic E-state index is -0.0691. The Balaban J connectivity index is 1.44. The van der Waals surface area contributed by atoms with Crippen LogP contribution in [0, 0.1) is 0 Å².